The Kier molecular flexibility index (Phi) is 6.11. The van der Waals surface area contributed by atoms with Gasteiger partial charge in [-0.3, -0.25) is 4.90 Å². The van der Waals surface area contributed by atoms with Crippen molar-refractivity contribution in [3.63, 3.8) is 0 Å². The molecular formula is C19H23FN4O2S. The molecule has 3 rings (SSSR count). The van der Waals surface area contributed by atoms with Gasteiger partial charge in [-0.25, -0.2) is 15.8 Å². The standard InChI is InChI=1S/C19H23FN4O2S/c1-13(27)22-10-17-11-24(19(25)26-17)16-5-3-15(4-6-16)23-8-7-14(9-21-2)18(20)12-23/h3-6,14,17-18H,7-12H2,1H3,(H,22,27)/t14?,17-,18?/m0/s1. The topological polar surface area (TPSA) is 49.2 Å². The summed E-state index contributed by atoms with van der Waals surface area (Å²) in [6.07, 6.45) is -0.930. The van der Waals surface area contributed by atoms with Gasteiger partial charge in [-0.1, -0.05) is 12.2 Å². The number of carbonyl (C=O) groups excluding carboxylic acids is 1. The summed E-state index contributed by atoms with van der Waals surface area (Å²) < 4.78 is 19.6. The average molecular weight is 390 g/mol. The number of nitrogens with one attached hydrogen (secondary N) is 1. The van der Waals surface area contributed by atoms with Crippen LogP contribution in [0.2, 0.25) is 0 Å². The molecule has 0 aliphatic carbocycles. The summed E-state index contributed by atoms with van der Waals surface area (Å²) in [5.41, 5.74) is 1.68. The second-order valence-corrected chi connectivity index (χ2v) is 7.53. The van der Waals surface area contributed by atoms with Gasteiger partial charge in [0.15, 0.2) is 0 Å². The van der Waals surface area contributed by atoms with Gasteiger partial charge < -0.3 is 19.8 Å². The van der Waals surface area contributed by atoms with Crippen LogP contribution in [0.5, 0.6) is 0 Å². The molecule has 1 aromatic carbocycles. The number of carbonyl (C=O) groups is 1. The quantitative estimate of drug-likeness (QED) is 0.619. The van der Waals surface area contributed by atoms with Crippen molar-refractivity contribution in [3.05, 3.63) is 35.7 Å². The van der Waals surface area contributed by atoms with Crippen LogP contribution in [0.1, 0.15) is 13.3 Å². The first-order valence-corrected chi connectivity index (χ1v) is 9.43. The van der Waals surface area contributed by atoms with E-state index in [1.807, 2.05) is 29.2 Å². The zero-order valence-corrected chi connectivity index (χ0v) is 16.0. The van der Waals surface area contributed by atoms with Crippen LogP contribution in [-0.4, -0.2) is 56.1 Å². The second kappa shape index (κ2) is 8.53. The van der Waals surface area contributed by atoms with E-state index in [-0.39, 0.29) is 24.7 Å². The molecule has 6 nitrogen and oxygen atoms in total. The van der Waals surface area contributed by atoms with Gasteiger partial charge in [0.05, 0.1) is 24.0 Å². The van der Waals surface area contributed by atoms with Gasteiger partial charge in [0.1, 0.15) is 12.3 Å². The molecule has 144 valence electrons. The maximum Gasteiger partial charge on any atom is 0.414 e. The van der Waals surface area contributed by atoms with E-state index in [1.165, 1.54) is 0 Å². The van der Waals surface area contributed by atoms with E-state index in [0.29, 0.717) is 31.0 Å². The third-order valence-electron chi connectivity index (χ3n) is 4.98. The van der Waals surface area contributed by atoms with Crippen LogP contribution in [0.3, 0.4) is 0 Å². The predicted octanol–water partition coefficient (Wildman–Crippen LogP) is 3.03. The molecule has 0 spiro atoms. The van der Waals surface area contributed by atoms with Crippen LogP contribution in [0.15, 0.2) is 24.3 Å². The Hall–Kier alpha value is -2.40. The van der Waals surface area contributed by atoms with Gasteiger partial charge in [-0.15, -0.1) is 0 Å². The fourth-order valence-electron chi connectivity index (χ4n) is 3.45. The van der Waals surface area contributed by atoms with Gasteiger partial charge in [0, 0.05) is 24.5 Å². The maximum absolute atomic E-state index is 14.2. The van der Waals surface area contributed by atoms with Crippen molar-refractivity contribution in [1.29, 1.82) is 0 Å². The highest BCUT2D eigenvalue weighted by Crippen LogP contribution is 2.29. The van der Waals surface area contributed by atoms with Crippen molar-refractivity contribution >= 4 is 34.7 Å². The molecule has 8 heteroatoms. The monoisotopic (exact) mass is 390 g/mol. The van der Waals surface area contributed by atoms with Crippen LogP contribution in [0.25, 0.3) is 4.85 Å². The Morgan fingerprint density at radius 1 is 1.37 bits per heavy atom. The summed E-state index contributed by atoms with van der Waals surface area (Å²) >= 11 is 4.98. The number of cyclic esters (lactones) is 1. The lowest BCUT2D eigenvalue weighted by Crippen LogP contribution is -2.42. The summed E-state index contributed by atoms with van der Waals surface area (Å²) in [7, 11) is 0. The first kappa shape index (κ1) is 19.4. The highest BCUT2D eigenvalue weighted by molar-refractivity contribution is 7.80. The Labute approximate surface area is 164 Å². The lowest BCUT2D eigenvalue weighted by Gasteiger charge is -2.34. The number of hydrogen-bond acceptors (Lipinski definition) is 4. The number of amides is 1. The van der Waals surface area contributed by atoms with E-state index in [1.54, 1.807) is 11.8 Å². The molecule has 1 aromatic rings. The summed E-state index contributed by atoms with van der Waals surface area (Å²) in [4.78, 5) is 19.7. The fourth-order valence-corrected chi connectivity index (χ4v) is 3.53. The lowest BCUT2D eigenvalue weighted by molar-refractivity contribution is 0.143. The molecule has 2 aliphatic heterocycles. The molecule has 1 amide bonds. The van der Waals surface area contributed by atoms with E-state index < -0.39 is 6.17 Å². The summed E-state index contributed by atoms with van der Waals surface area (Å²) in [5, 5.41) is 3.02. The van der Waals surface area contributed by atoms with E-state index in [9.17, 15) is 9.18 Å². The average Bonchev–Trinajstić information content (AvgIpc) is 3.03. The minimum absolute atomic E-state index is 0.168. The van der Waals surface area contributed by atoms with Crippen LogP contribution < -0.4 is 15.1 Å². The molecule has 2 heterocycles. The molecule has 3 atom stereocenters. The molecule has 0 saturated carbocycles. The highest BCUT2D eigenvalue weighted by atomic mass is 32.1. The Bertz CT molecular complexity index is 736. The van der Waals surface area contributed by atoms with Gasteiger partial charge in [-0.05, 0) is 37.6 Å². The summed E-state index contributed by atoms with van der Waals surface area (Å²) in [5.74, 6) is -0.168. The van der Waals surface area contributed by atoms with E-state index in [4.69, 9.17) is 23.5 Å². The number of hydrogen-bond donors (Lipinski definition) is 1. The fraction of sp³-hybridized carbons (Fsp3) is 0.526. The van der Waals surface area contributed by atoms with Crippen molar-refractivity contribution in [1.82, 2.24) is 5.32 Å². The minimum atomic E-state index is -0.987. The Morgan fingerprint density at radius 2 is 2.07 bits per heavy atom. The Morgan fingerprint density at radius 3 is 2.70 bits per heavy atom. The van der Waals surface area contributed by atoms with Crippen LogP contribution in [0, 0.1) is 12.5 Å². The van der Waals surface area contributed by atoms with Crippen LogP contribution >= 0.6 is 12.2 Å². The molecular weight excluding hydrogens is 367 g/mol. The van der Waals surface area contributed by atoms with Gasteiger partial charge in [-0.2, -0.15) is 0 Å². The van der Waals surface area contributed by atoms with Crippen molar-refractivity contribution < 1.29 is 13.9 Å². The van der Waals surface area contributed by atoms with Crippen LogP contribution in [0.4, 0.5) is 20.6 Å². The Balaban J connectivity index is 1.60. The summed E-state index contributed by atoms with van der Waals surface area (Å²) in [6, 6.07) is 7.51. The molecule has 0 bridgehead atoms. The number of thiocarbonyl (C=S) groups is 1. The summed E-state index contributed by atoms with van der Waals surface area (Å²) in [6.45, 7) is 10.9. The molecule has 27 heavy (non-hydrogen) atoms. The van der Waals surface area contributed by atoms with Crippen LogP contribution in [-0.2, 0) is 4.74 Å². The van der Waals surface area contributed by atoms with Crippen molar-refractivity contribution in [3.8, 4) is 0 Å². The normalized spacial score (nSPS) is 25.1. The van der Waals surface area contributed by atoms with Crippen molar-refractivity contribution in [2.24, 2.45) is 5.92 Å². The lowest BCUT2D eigenvalue weighted by atomic mass is 9.94. The third kappa shape index (κ3) is 4.66. The number of ether oxygens (including phenoxy) is 1. The number of nitrogens with zero attached hydrogens (tertiary/aromatic N) is 3. The van der Waals surface area contributed by atoms with E-state index >= 15 is 0 Å². The van der Waals surface area contributed by atoms with E-state index in [0.717, 1.165) is 17.9 Å². The zero-order chi connectivity index (χ0) is 19.4. The SMILES string of the molecule is [C-]#[N+]CC1CCN(c2ccc(N3C[C@H](CNC(C)=S)OC3=O)cc2)CC1F. The number of alkyl halides is 1. The molecule has 0 radical (unpaired) electrons. The smallest absolute Gasteiger partial charge is 0.414 e. The number of benzene rings is 1. The van der Waals surface area contributed by atoms with Gasteiger partial charge in [0.2, 0.25) is 6.54 Å². The number of halogens is 1. The number of anilines is 2. The molecule has 2 fully saturated rings. The maximum atomic E-state index is 14.2. The van der Waals surface area contributed by atoms with Crippen molar-refractivity contribution in [2.75, 3.05) is 42.5 Å². The highest BCUT2D eigenvalue weighted by Gasteiger charge is 2.33. The van der Waals surface area contributed by atoms with Gasteiger partial charge in [0.25, 0.3) is 0 Å². The second-order valence-electron chi connectivity index (χ2n) is 6.92. The third-order valence-corrected chi connectivity index (χ3v) is 5.13. The van der Waals surface area contributed by atoms with Crippen molar-refractivity contribution in [2.45, 2.75) is 25.6 Å². The predicted molar refractivity (Wildman–Crippen MR) is 107 cm³/mol. The molecule has 2 aliphatic rings. The largest absolute Gasteiger partial charge is 0.442 e. The molecule has 0 aromatic heterocycles. The number of piperidine rings is 1. The van der Waals surface area contributed by atoms with E-state index in [2.05, 4.69) is 10.2 Å². The minimum Gasteiger partial charge on any atom is -0.442 e. The first-order valence-electron chi connectivity index (χ1n) is 9.03. The zero-order valence-electron chi connectivity index (χ0n) is 15.2. The number of rotatable bonds is 5. The molecule has 2 saturated heterocycles. The van der Waals surface area contributed by atoms with Gasteiger partial charge >= 0.3 is 6.09 Å². The molecule has 1 N–H and O–H groups in total. The first-order chi connectivity index (χ1) is 13.0. The molecule has 2 unspecified atom stereocenters.